The van der Waals surface area contributed by atoms with Crippen LogP contribution in [0.3, 0.4) is 0 Å². The second-order valence-electron chi connectivity index (χ2n) is 6.01. The summed E-state index contributed by atoms with van der Waals surface area (Å²) in [5.41, 5.74) is 6.05. The van der Waals surface area contributed by atoms with Crippen molar-refractivity contribution in [3.63, 3.8) is 0 Å². The Kier molecular flexibility index (Phi) is 3.56. The third kappa shape index (κ3) is 2.66. The van der Waals surface area contributed by atoms with Gasteiger partial charge in [0.1, 0.15) is 0 Å². The number of nitrogens with zero attached hydrogens (tertiary/aromatic N) is 4. The fourth-order valence-corrected chi connectivity index (χ4v) is 2.79. The van der Waals surface area contributed by atoms with Crippen LogP contribution in [0.1, 0.15) is 31.6 Å². The van der Waals surface area contributed by atoms with E-state index in [4.69, 9.17) is 10.3 Å². The number of piperazine rings is 3. The Hall–Kier alpha value is -0.980. The first kappa shape index (κ1) is 13.0. The summed E-state index contributed by atoms with van der Waals surface area (Å²) in [5.74, 6) is 1.93. The standard InChI is InChI=1S/C13H23N5O/c1-9(2)10(14)7-12-15-13(16-19-12)11-8-17-3-5-18(11)6-4-17/h9-11H,3-8,14H2,1-2H3. The van der Waals surface area contributed by atoms with Gasteiger partial charge in [0.05, 0.1) is 6.04 Å². The Labute approximate surface area is 113 Å². The zero-order valence-corrected chi connectivity index (χ0v) is 11.7. The van der Waals surface area contributed by atoms with E-state index in [9.17, 15) is 0 Å². The summed E-state index contributed by atoms with van der Waals surface area (Å²) in [5, 5.41) is 4.16. The molecule has 2 bridgehead atoms. The molecule has 1 aromatic rings. The fourth-order valence-electron chi connectivity index (χ4n) is 2.79. The highest BCUT2D eigenvalue weighted by Crippen LogP contribution is 2.26. The minimum Gasteiger partial charge on any atom is -0.339 e. The molecule has 0 amide bonds. The first-order chi connectivity index (χ1) is 9.13. The summed E-state index contributed by atoms with van der Waals surface area (Å²) in [4.78, 5) is 9.48. The molecule has 0 saturated carbocycles. The number of rotatable bonds is 4. The van der Waals surface area contributed by atoms with Crippen LogP contribution in [-0.4, -0.2) is 58.7 Å². The van der Waals surface area contributed by atoms with E-state index in [1.165, 1.54) is 13.1 Å². The normalized spacial score (nSPS) is 31.9. The molecule has 0 spiro atoms. The summed E-state index contributed by atoms with van der Waals surface area (Å²) in [6.07, 6.45) is 0.668. The fraction of sp³-hybridized carbons (Fsp3) is 0.846. The van der Waals surface area contributed by atoms with E-state index in [0.29, 0.717) is 24.3 Å². The van der Waals surface area contributed by atoms with Gasteiger partial charge in [-0.05, 0) is 5.92 Å². The maximum Gasteiger partial charge on any atom is 0.228 e. The smallest absolute Gasteiger partial charge is 0.228 e. The molecule has 3 fully saturated rings. The van der Waals surface area contributed by atoms with E-state index in [0.717, 1.165) is 25.5 Å². The van der Waals surface area contributed by atoms with Gasteiger partial charge in [0.2, 0.25) is 5.89 Å². The average molecular weight is 265 g/mol. The molecule has 4 heterocycles. The molecule has 2 unspecified atom stereocenters. The van der Waals surface area contributed by atoms with Crippen LogP contribution in [0.25, 0.3) is 0 Å². The highest BCUT2D eigenvalue weighted by atomic mass is 16.5. The van der Waals surface area contributed by atoms with Crippen LogP contribution in [0, 0.1) is 5.92 Å². The molecule has 19 heavy (non-hydrogen) atoms. The zero-order valence-electron chi connectivity index (χ0n) is 11.7. The van der Waals surface area contributed by atoms with E-state index in [-0.39, 0.29) is 6.04 Å². The molecule has 2 atom stereocenters. The van der Waals surface area contributed by atoms with Crippen LogP contribution in [0.15, 0.2) is 4.52 Å². The van der Waals surface area contributed by atoms with Crippen LogP contribution < -0.4 is 5.73 Å². The lowest BCUT2D eigenvalue weighted by molar-refractivity contribution is 0.00781. The number of fused-ring (bicyclic) bond motifs is 3. The maximum absolute atomic E-state index is 6.05. The number of aromatic nitrogens is 2. The lowest BCUT2D eigenvalue weighted by Crippen LogP contribution is -2.57. The van der Waals surface area contributed by atoms with Crippen molar-refractivity contribution in [2.45, 2.75) is 32.4 Å². The van der Waals surface area contributed by atoms with Crippen molar-refractivity contribution in [3.05, 3.63) is 11.7 Å². The second kappa shape index (κ2) is 5.19. The molecular formula is C13H23N5O. The summed E-state index contributed by atoms with van der Waals surface area (Å²) in [7, 11) is 0. The lowest BCUT2D eigenvalue weighted by atomic mass is 10.0. The molecule has 1 aromatic heterocycles. The molecule has 6 heteroatoms. The van der Waals surface area contributed by atoms with Gasteiger partial charge in [-0.3, -0.25) is 9.80 Å². The van der Waals surface area contributed by atoms with Crippen molar-refractivity contribution in [1.29, 1.82) is 0 Å². The van der Waals surface area contributed by atoms with Crippen molar-refractivity contribution >= 4 is 0 Å². The molecule has 106 valence electrons. The topological polar surface area (TPSA) is 71.4 Å². The van der Waals surface area contributed by atoms with Crippen molar-refractivity contribution in [3.8, 4) is 0 Å². The van der Waals surface area contributed by atoms with E-state index in [2.05, 4.69) is 33.8 Å². The van der Waals surface area contributed by atoms with Gasteiger partial charge < -0.3 is 10.3 Å². The van der Waals surface area contributed by atoms with E-state index in [1.807, 2.05) is 0 Å². The van der Waals surface area contributed by atoms with Gasteiger partial charge in [0.15, 0.2) is 5.82 Å². The highest BCUT2D eigenvalue weighted by molar-refractivity contribution is 5.02. The summed E-state index contributed by atoms with van der Waals surface area (Å²) in [6, 6.07) is 0.385. The Balaban J connectivity index is 1.68. The molecule has 2 N–H and O–H groups in total. The van der Waals surface area contributed by atoms with Gasteiger partial charge in [-0.15, -0.1) is 0 Å². The zero-order chi connectivity index (χ0) is 13.4. The van der Waals surface area contributed by atoms with Gasteiger partial charge in [0, 0.05) is 45.2 Å². The van der Waals surface area contributed by atoms with E-state index < -0.39 is 0 Å². The Morgan fingerprint density at radius 1 is 1.32 bits per heavy atom. The van der Waals surface area contributed by atoms with E-state index in [1.54, 1.807) is 0 Å². The molecule has 0 aliphatic carbocycles. The molecule has 6 nitrogen and oxygen atoms in total. The van der Waals surface area contributed by atoms with Crippen LogP contribution in [0.4, 0.5) is 0 Å². The quantitative estimate of drug-likeness (QED) is 0.842. The molecule has 3 aliphatic heterocycles. The monoisotopic (exact) mass is 265 g/mol. The number of hydrogen-bond acceptors (Lipinski definition) is 6. The first-order valence-corrected chi connectivity index (χ1v) is 7.18. The SMILES string of the molecule is CC(C)C(N)Cc1nc(C2CN3CCN2CC3)no1. The van der Waals surface area contributed by atoms with Crippen LogP contribution in [-0.2, 0) is 6.42 Å². The molecule has 4 rings (SSSR count). The summed E-state index contributed by atoms with van der Waals surface area (Å²) in [6.45, 7) is 9.80. The molecule has 3 saturated heterocycles. The lowest BCUT2D eigenvalue weighted by Gasteiger charge is -2.46. The van der Waals surface area contributed by atoms with Crippen molar-refractivity contribution < 1.29 is 4.52 Å². The Bertz CT molecular complexity index is 424. The number of hydrogen-bond donors (Lipinski definition) is 1. The van der Waals surface area contributed by atoms with Crippen molar-refractivity contribution in [2.24, 2.45) is 11.7 Å². The third-order valence-corrected chi connectivity index (χ3v) is 4.33. The largest absolute Gasteiger partial charge is 0.339 e. The predicted octanol–water partition coefficient (Wildman–Crippen LogP) is 0.268. The summed E-state index contributed by atoms with van der Waals surface area (Å²) < 4.78 is 5.36. The molecular weight excluding hydrogens is 242 g/mol. The number of nitrogens with two attached hydrogens (primary N) is 1. The minimum absolute atomic E-state index is 0.0835. The molecule has 0 aromatic carbocycles. The van der Waals surface area contributed by atoms with Crippen LogP contribution in [0.5, 0.6) is 0 Å². The average Bonchev–Trinajstić information content (AvgIpc) is 2.88. The molecule has 0 radical (unpaired) electrons. The van der Waals surface area contributed by atoms with Crippen LogP contribution in [0.2, 0.25) is 0 Å². The second-order valence-corrected chi connectivity index (χ2v) is 6.01. The van der Waals surface area contributed by atoms with Gasteiger partial charge in [-0.1, -0.05) is 19.0 Å². The van der Waals surface area contributed by atoms with Gasteiger partial charge in [-0.2, -0.15) is 4.98 Å². The Morgan fingerprint density at radius 2 is 2.05 bits per heavy atom. The molecule has 3 aliphatic rings. The highest BCUT2D eigenvalue weighted by Gasteiger charge is 2.35. The predicted molar refractivity (Wildman–Crippen MR) is 71.6 cm³/mol. The van der Waals surface area contributed by atoms with Crippen LogP contribution >= 0.6 is 0 Å². The Morgan fingerprint density at radius 3 is 2.63 bits per heavy atom. The van der Waals surface area contributed by atoms with Gasteiger partial charge in [0.25, 0.3) is 0 Å². The minimum atomic E-state index is 0.0835. The maximum atomic E-state index is 6.05. The van der Waals surface area contributed by atoms with Crippen molar-refractivity contribution in [2.75, 3.05) is 32.7 Å². The summed E-state index contributed by atoms with van der Waals surface area (Å²) >= 11 is 0. The van der Waals surface area contributed by atoms with Gasteiger partial charge >= 0.3 is 0 Å². The first-order valence-electron chi connectivity index (χ1n) is 7.18. The van der Waals surface area contributed by atoms with Crippen molar-refractivity contribution in [1.82, 2.24) is 19.9 Å². The van der Waals surface area contributed by atoms with E-state index >= 15 is 0 Å². The third-order valence-electron chi connectivity index (χ3n) is 4.33. The van der Waals surface area contributed by atoms with Gasteiger partial charge in [-0.25, -0.2) is 0 Å².